The summed E-state index contributed by atoms with van der Waals surface area (Å²) in [6.45, 7) is 9.56. The standard InChI is InChI=1S/C14H29NO/c1-4-16-11-7-10-14(8-5-6-9-14)12-15-13(2)3/h13,15H,4-12H2,1-3H3. The van der Waals surface area contributed by atoms with E-state index in [0.29, 0.717) is 11.5 Å². The Morgan fingerprint density at radius 3 is 2.50 bits per heavy atom. The molecule has 1 fully saturated rings. The van der Waals surface area contributed by atoms with Crippen LogP contribution < -0.4 is 5.32 Å². The molecule has 0 heterocycles. The van der Waals surface area contributed by atoms with Crippen LogP contribution in [0.4, 0.5) is 0 Å². The van der Waals surface area contributed by atoms with Crippen LogP contribution in [0.5, 0.6) is 0 Å². The van der Waals surface area contributed by atoms with Gasteiger partial charge in [0.2, 0.25) is 0 Å². The van der Waals surface area contributed by atoms with Gasteiger partial charge in [0.15, 0.2) is 0 Å². The van der Waals surface area contributed by atoms with Gasteiger partial charge in [-0.15, -0.1) is 0 Å². The van der Waals surface area contributed by atoms with Crippen molar-refractivity contribution < 1.29 is 4.74 Å². The van der Waals surface area contributed by atoms with Crippen molar-refractivity contribution in [2.24, 2.45) is 5.41 Å². The van der Waals surface area contributed by atoms with E-state index in [2.05, 4.69) is 26.1 Å². The maximum atomic E-state index is 5.44. The Labute approximate surface area is 101 Å². The van der Waals surface area contributed by atoms with Gasteiger partial charge in [-0.1, -0.05) is 26.7 Å². The van der Waals surface area contributed by atoms with Crippen molar-refractivity contribution >= 4 is 0 Å². The van der Waals surface area contributed by atoms with E-state index in [4.69, 9.17) is 4.74 Å². The number of hydrogen-bond acceptors (Lipinski definition) is 2. The molecular formula is C14H29NO. The zero-order chi connectivity index (χ0) is 11.9. The molecule has 0 spiro atoms. The average Bonchev–Trinajstić information content (AvgIpc) is 2.71. The first-order valence-electron chi connectivity index (χ1n) is 7.00. The van der Waals surface area contributed by atoms with Crippen LogP contribution in [-0.4, -0.2) is 25.8 Å². The molecule has 0 aliphatic heterocycles. The van der Waals surface area contributed by atoms with Crippen molar-refractivity contribution in [3.05, 3.63) is 0 Å². The number of ether oxygens (including phenoxy) is 1. The van der Waals surface area contributed by atoms with E-state index in [1.807, 2.05) is 0 Å². The summed E-state index contributed by atoms with van der Waals surface area (Å²) in [5, 5.41) is 3.63. The SMILES string of the molecule is CCOCCCC1(CNC(C)C)CCCC1. The number of rotatable bonds is 8. The minimum Gasteiger partial charge on any atom is -0.382 e. The summed E-state index contributed by atoms with van der Waals surface area (Å²) >= 11 is 0. The Bertz CT molecular complexity index is 174. The van der Waals surface area contributed by atoms with Gasteiger partial charge in [0, 0.05) is 25.8 Å². The van der Waals surface area contributed by atoms with Gasteiger partial charge in [0.05, 0.1) is 0 Å². The zero-order valence-electron chi connectivity index (χ0n) is 11.3. The lowest BCUT2D eigenvalue weighted by molar-refractivity contribution is 0.126. The van der Waals surface area contributed by atoms with Crippen LogP contribution >= 0.6 is 0 Å². The summed E-state index contributed by atoms with van der Waals surface area (Å²) in [7, 11) is 0. The van der Waals surface area contributed by atoms with E-state index >= 15 is 0 Å². The molecule has 0 saturated heterocycles. The summed E-state index contributed by atoms with van der Waals surface area (Å²) in [5.41, 5.74) is 0.585. The van der Waals surface area contributed by atoms with E-state index in [0.717, 1.165) is 13.2 Å². The van der Waals surface area contributed by atoms with Crippen LogP contribution in [0.25, 0.3) is 0 Å². The first-order chi connectivity index (χ1) is 7.68. The molecule has 1 aliphatic rings. The second-order valence-electron chi connectivity index (χ2n) is 5.54. The topological polar surface area (TPSA) is 21.3 Å². The maximum absolute atomic E-state index is 5.44. The van der Waals surface area contributed by atoms with Gasteiger partial charge >= 0.3 is 0 Å². The first-order valence-corrected chi connectivity index (χ1v) is 7.00. The van der Waals surface area contributed by atoms with Gasteiger partial charge in [-0.3, -0.25) is 0 Å². The molecule has 1 saturated carbocycles. The van der Waals surface area contributed by atoms with E-state index in [1.54, 1.807) is 0 Å². The van der Waals surface area contributed by atoms with Crippen LogP contribution in [0.1, 0.15) is 59.3 Å². The van der Waals surface area contributed by atoms with Crippen molar-refractivity contribution in [1.82, 2.24) is 5.32 Å². The monoisotopic (exact) mass is 227 g/mol. The predicted molar refractivity (Wildman–Crippen MR) is 69.8 cm³/mol. The number of hydrogen-bond donors (Lipinski definition) is 1. The normalized spacial score (nSPS) is 19.5. The van der Waals surface area contributed by atoms with Crippen molar-refractivity contribution in [3.8, 4) is 0 Å². The molecule has 0 aromatic rings. The Kier molecular flexibility index (Phi) is 6.37. The van der Waals surface area contributed by atoms with Gasteiger partial charge in [0.25, 0.3) is 0 Å². The van der Waals surface area contributed by atoms with Gasteiger partial charge in [0.1, 0.15) is 0 Å². The third-order valence-electron chi connectivity index (χ3n) is 3.75. The second kappa shape index (κ2) is 7.29. The third kappa shape index (κ3) is 4.84. The molecule has 0 bridgehead atoms. The van der Waals surface area contributed by atoms with Gasteiger partial charge in [-0.05, 0) is 38.0 Å². The smallest absolute Gasteiger partial charge is 0.0466 e. The van der Waals surface area contributed by atoms with Crippen molar-refractivity contribution in [2.45, 2.75) is 65.3 Å². The zero-order valence-corrected chi connectivity index (χ0v) is 11.3. The van der Waals surface area contributed by atoms with Gasteiger partial charge in [-0.25, -0.2) is 0 Å². The van der Waals surface area contributed by atoms with E-state index in [1.165, 1.54) is 45.1 Å². The highest BCUT2D eigenvalue weighted by molar-refractivity contribution is 4.87. The van der Waals surface area contributed by atoms with Crippen LogP contribution in [0.3, 0.4) is 0 Å². The van der Waals surface area contributed by atoms with Crippen molar-refractivity contribution in [3.63, 3.8) is 0 Å². The molecule has 0 aromatic heterocycles. The molecular weight excluding hydrogens is 198 g/mol. The molecule has 0 aromatic carbocycles. The van der Waals surface area contributed by atoms with Crippen LogP contribution in [-0.2, 0) is 4.74 Å². The number of nitrogens with one attached hydrogen (secondary N) is 1. The van der Waals surface area contributed by atoms with E-state index in [9.17, 15) is 0 Å². The molecule has 0 atom stereocenters. The summed E-state index contributed by atoms with van der Waals surface area (Å²) < 4.78 is 5.44. The fourth-order valence-electron chi connectivity index (χ4n) is 2.75. The minimum absolute atomic E-state index is 0.585. The van der Waals surface area contributed by atoms with Crippen molar-refractivity contribution in [1.29, 1.82) is 0 Å². The molecule has 1 aliphatic carbocycles. The fourth-order valence-corrected chi connectivity index (χ4v) is 2.75. The van der Waals surface area contributed by atoms with Gasteiger partial charge < -0.3 is 10.1 Å². The summed E-state index contributed by atoms with van der Waals surface area (Å²) in [4.78, 5) is 0. The quantitative estimate of drug-likeness (QED) is 0.642. The lowest BCUT2D eigenvalue weighted by atomic mass is 9.81. The highest BCUT2D eigenvalue weighted by Crippen LogP contribution is 2.41. The molecule has 1 N–H and O–H groups in total. The maximum Gasteiger partial charge on any atom is 0.0466 e. The Balaban J connectivity index is 2.27. The fraction of sp³-hybridized carbons (Fsp3) is 1.00. The highest BCUT2D eigenvalue weighted by atomic mass is 16.5. The molecule has 0 radical (unpaired) electrons. The molecule has 1 rings (SSSR count). The lowest BCUT2D eigenvalue weighted by Gasteiger charge is -2.30. The molecule has 0 amide bonds. The summed E-state index contributed by atoms with van der Waals surface area (Å²) in [5.74, 6) is 0. The lowest BCUT2D eigenvalue weighted by Crippen LogP contribution is -2.36. The minimum atomic E-state index is 0.585. The van der Waals surface area contributed by atoms with Crippen LogP contribution in [0.2, 0.25) is 0 Å². The van der Waals surface area contributed by atoms with E-state index in [-0.39, 0.29) is 0 Å². The molecule has 96 valence electrons. The van der Waals surface area contributed by atoms with Crippen LogP contribution in [0, 0.1) is 5.41 Å². The summed E-state index contributed by atoms with van der Waals surface area (Å²) in [6, 6.07) is 0.615. The molecule has 0 unspecified atom stereocenters. The second-order valence-corrected chi connectivity index (χ2v) is 5.54. The van der Waals surface area contributed by atoms with Gasteiger partial charge in [-0.2, -0.15) is 0 Å². The Morgan fingerprint density at radius 2 is 1.94 bits per heavy atom. The largest absolute Gasteiger partial charge is 0.382 e. The molecule has 2 heteroatoms. The highest BCUT2D eigenvalue weighted by Gasteiger charge is 2.32. The predicted octanol–water partition coefficient (Wildman–Crippen LogP) is 3.36. The first kappa shape index (κ1) is 14.0. The Hall–Kier alpha value is -0.0800. The Morgan fingerprint density at radius 1 is 1.25 bits per heavy atom. The average molecular weight is 227 g/mol. The third-order valence-corrected chi connectivity index (χ3v) is 3.75. The van der Waals surface area contributed by atoms with E-state index < -0.39 is 0 Å². The summed E-state index contributed by atoms with van der Waals surface area (Å²) in [6.07, 6.45) is 8.25. The molecule has 16 heavy (non-hydrogen) atoms. The van der Waals surface area contributed by atoms with Crippen molar-refractivity contribution in [2.75, 3.05) is 19.8 Å². The van der Waals surface area contributed by atoms with Crippen LogP contribution in [0.15, 0.2) is 0 Å². The molecule has 2 nitrogen and oxygen atoms in total.